The van der Waals surface area contributed by atoms with Crippen molar-refractivity contribution < 1.29 is 28.5 Å². The lowest BCUT2D eigenvalue weighted by atomic mass is 9.96. The third-order valence-corrected chi connectivity index (χ3v) is 5.02. The molecule has 0 heterocycles. The summed E-state index contributed by atoms with van der Waals surface area (Å²) in [7, 11) is 4.58. The van der Waals surface area contributed by atoms with Crippen LogP contribution in [0.2, 0.25) is 0 Å². The van der Waals surface area contributed by atoms with Crippen molar-refractivity contribution in [1.82, 2.24) is 5.32 Å². The molecule has 7 nitrogen and oxygen atoms in total. The maximum atomic E-state index is 12.5. The monoisotopic (exact) mass is 399 g/mol. The summed E-state index contributed by atoms with van der Waals surface area (Å²) in [6.45, 7) is -0.0885. The smallest absolute Gasteiger partial charge is 0.317 e. The number of hydrogen-bond acceptors (Lipinski definition) is 6. The summed E-state index contributed by atoms with van der Waals surface area (Å²) in [5, 5.41) is 2.74. The molecule has 0 atom stereocenters. The number of carbonyl (C=O) groups excluding carboxylic acids is 2. The molecule has 1 aliphatic rings. The Morgan fingerprint density at radius 1 is 0.966 bits per heavy atom. The SMILES string of the molecule is COc1cc(CNC(=O)COC(=O)C2(c3ccccc3)CC2)cc(OC)c1OC. The quantitative estimate of drug-likeness (QED) is 0.653. The van der Waals surface area contributed by atoms with Crippen LogP contribution in [0.15, 0.2) is 42.5 Å². The summed E-state index contributed by atoms with van der Waals surface area (Å²) in [4.78, 5) is 24.7. The van der Waals surface area contributed by atoms with Crippen LogP contribution in [0.1, 0.15) is 24.0 Å². The molecular formula is C22H25NO6. The van der Waals surface area contributed by atoms with E-state index >= 15 is 0 Å². The first-order chi connectivity index (χ1) is 14.0. The highest BCUT2D eigenvalue weighted by atomic mass is 16.5. The second kappa shape index (κ2) is 8.86. The van der Waals surface area contributed by atoms with Gasteiger partial charge in [-0.1, -0.05) is 30.3 Å². The van der Waals surface area contributed by atoms with Gasteiger partial charge in [0.15, 0.2) is 18.1 Å². The minimum absolute atomic E-state index is 0.233. The van der Waals surface area contributed by atoms with Crippen LogP contribution in [0.5, 0.6) is 17.2 Å². The van der Waals surface area contributed by atoms with Gasteiger partial charge in [0, 0.05) is 6.54 Å². The van der Waals surface area contributed by atoms with Crippen LogP contribution < -0.4 is 19.5 Å². The Kier molecular flexibility index (Phi) is 6.26. The molecule has 1 aliphatic carbocycles. The summed E-state index contributed by atoms with van der Waals surface area (Å²) in [6.07, 6.45) is 1.48. The minimum atomic E-state index is -0.599. The number of ether oxygens (including phenoxy) is 4. The molecule has 1 fully saturated rings. The molecule has 0 aromatic heterocycles. The van der Waals surface area contributed by atoms with Crippen molar-refractivity contribution in [3.8, 4) is 17.2 Å². The molecule has 29 heavy (non-hydrogen) atoms. The van der Waals surface area contributed by atoms with Crippen molar-refractivity contribution in [2.75, 3.05) is 27.9 Å². The third kappa shape index (κ3) is 4.45. The molecule has 1 N–H and O–H groups in total. The van der Waals surface area contributed by atoms with Gasteiger partial charge in [-0.3, -0.25) is 9.59 Å². The van der Waals surface area contributed by atoms with Gasteiger partial charge in [0.25, 0.3) is 5.91 Å². The number of benzene rings is 2. The van der Waals surface area contributed by atoms with Gasteiger partial charge in [0.1, 0.15) is 0 Å². The largest absolute Gasteiger partial charge is 0.493 e. The fourth-order valence-corrected chi connectivity index (χ4v) is 3.25. The van der Waals surface area contributed by atoms with Gasteiger partial charge in [0.2, 0.25) is 5.75 Å². The van der Waals surface area contributed by atoms with Gasteiger partial charge in [0.05, 0.1) is 26.7 Å². The van der Waals surface area contributed by atoms with E-state index < -0.39 is 5.41 Å². The maximum absolute atomic E-state index is 12.5. The standard InChI is InChI=1S/C22H25NO6/c1-26-17-11-15(12-18(27-2)20(17)28-3)13-23-19(24)14-29-21(25)22(9-10-22)16-7-5-4-6-8-16/h4-8,11-12H,9-10,13-14H2,1-3H3,(H,23,24). The highest BCUT2D eigenvalue weighted by Crippen LogP contribution is 2.49. The molecule has 2 aromatic carbocycles. The number of amides is 1. The number of methoxy groups -OCH3 is 3. The number of hydrogen-bond donors (Lipinski definition) is 1. The van der Waals surface area contributed by atoms with E-state index in [-0.39, 0.29) is 25.0 Å². The molecule has 0 aliphatic heterocycles. The second-order valence-corrected chi connectivity index (χ2v) is 6.83. The van der Waals surface area contributed by atoms with Crippen LogP contribution in [0.25, 0.3) is 0 Å². The number of esters is 1. The Morgan fingerprint density at radius 3 is 2.10 bits per heavy atom. The zero-order chi connectivity index (χ0) is 20.9. The molecule has 2 aromatic rings. The number of rotatable bonds is 9. The van der Waals surface area contributed by atoms with Crippen molar-refractivity contribution in [3.05, 3.63) is 53.6 Å². The van der Waals surface area contributed by atoms with E-state index in [1.165, 1.54) is 21.3 Å². The van der Waals surface area contributed by atoms with E-state index in [0.717, 1.165) is 24.0 Å². The van der Waals surface area contributed by atoms with Gasteiger partial charge >= 0.3 is 5.97 Å². The molecule has 0 unspecified atom stereocenters. The van der Waals surface area contributed by atoms with E-state index in [1.54, 1.807) is 12.1 Å². The average molecular weight is 399 g/mol. The maximum Gasteiger partial charge on any atom is 0.317 e. The molecule has 1 saturated carbocycles. The first-order valence-corrected chi connectivity index (χ1v) is 9.32. The van der Waals surface area contributed by atoms with Crippen molar-refractivity contribution in [1.29, 1.82) is 0 Å². The Bertz CT molecular complexity index is 851. The van der Waals surface area contributed by atoms with Crippen LogP contribution in [0.4, 0.5) is 0 Å². The zero-order valence-corrected chi connectivity index (χ0v) is 16.8. The average Bonchev–Trinajstić information content (AvgIpc) is 3.57. The van der Waals surface area contributed by atoms with Gasteiger partial charge in [-0.2, -0.15) is 0 Å². The minimum Gasteiger partial charge on any atom is -0.493 e. The van der Waals surface area contributed by atoms with Crippen molar-refractivity contribution in [2.24, 2.45) is 0 Å². The van der Waals surface area contributed by atoms with E-state index in [0.29, 0.717) is 17.2 Å². The third-order valence-electron chi connectivity index (χ3n) is 5.02. The Balaban J connectivity index is 1.55. The van der Waals surface area contributed by atoms with E-state index in [1.807, 2.05) is 30.3 Å². The number of carbonyl (C=O) groups is 2. The summed E-state index contributed by atoms with van der Waals surface area (Å²) in [6, 6.07) is 13.0. The van der Waals surface area contributed by atoms with Gasteiger partial charge in [-0.05, 0) is 36.1 Å². The topological polar surface area (TPSA) is 83.1 Å². The van der Waals surface area contributed by atoms with Crippen LogP contribution in [0.3, 0.4) is 0 Å². The van der Waals surface area contributed by atoms with Gasteiger partial charge in [-0.15, -0.1) is 0 Å². The first-order valence-electron chi connectivity index (χ1n) is 9.32. The molecular weight excluding hydrogens is 374 g/mol. The van der Waals surface area contributed by atoms with Crippen LogP contribution in [-0.4, -0.2) is 39.8 Å². The molecule has 1 amide bonds. The molecule has 0 radical (unpaired) electrons. The van der Waals surface area contributed by atoms with Crippen LogP contribution in [0, 0.1) is 0 Å². The Morgan fingerprint density at radius 2 is 1.59 bits per heavy atom. The predicted molar refractivity (Wildman–Crippen MR) is 106 cm³/mol. The molecule has 0 bridgehead atoms. The van der Waals surface area contributed by atoms with Gasteiger partial charge in [-0.25, -0.2) is 0 Å². The summed E-state index contributed by atoms with van der Waals surface area (Å²) >= 11 is 0. The summed E-state index contributed by atoms with van der Waals surface area (Å²) < 4.78 is 21.2. The second-order valence-electron chi connectivity index (χ2n) is 6.83. The fourth-order valence-electron chi connectivity index (χ4n) is 3.25. The Hall–Kier alpha value is -3.22. The highest BCUT2D eigenvalue weighted by Gasteiger charge is 2.52. The van der Waals surface area contributed by atoms with Crippen LogP contribution >= 0.6 is 0 Å². The first kappa shape index (κ1) is 20.5. The molecule has 0 spiro atoms. The van der Waals surface area contributed by atoms with Crippen molar-refractivity contribution >= 4 is 11.9 Å². The lowest BCUT2D eigenvalue weighted by Crippen LogP contribution is -2.31. The van der Waals surface area contributed by atoms with E-state index in [4.69, 9.17) is 18.9 Å². The van der Waals surface area contributed by atoms with Crippen LogP contribution in [-0.2, 0) is 26.3 Å². The predicted octanol–water partition coefficient (Wildman–Crippen LogP) is 2.60. The lowest BCUT2D eigenvalue weighted by molar-refractivity contribution is -0.151. The fraction of sp³-hybridized carbons (Fsp3) is 0.364. The summed E-state index contributed by atoms with van der Waals surface area (Å²) in [5.74, 6) is 0.749. The van der Waals surface area contributed by atoms with Gasteiger partial charge < -0.3 is 24.3 Å². The molecule has 0 saturated heterocycles. The lowest BCUT2D eigenvalue weighted by Gasteiger charge is -2.16. The highest BCUT2D eigenvalue weighted by molar-refractivity contribution is 5.89. The van der Waals surface area contributed by atoms with E-state index in [9.17, 15) is 9.59 Å². The summed E-state index contributed by atoms with van der Waals surface area (Å²) in [5.41, 5.74) is 1.10. The zero-order valence-electron chi connectivity index (χ0n) is 16.8. The normalized spacial score (nSPS) is 13.9. The molecule has 154 valence electrons. The molecule has 7 heteroatoms. The molecule has 3 rings (SSSR count). The van der Waals surface area contributed by atoms with Crippen molar-refractivity contribution in [2.45, 2.75) is 24.8 Å². The van der Waals surface area contributed by atoms with Crippen molar-refractivity contribution in [3.63, 3.8) is 0 Å². The Labute approximate surface area is 169 Å². The van der Waals surface area contributed by atoms with E-state index in [2.05, 4.69) is 5.32 Å². The number of nitrogens with one attached hydrogen (secondary N) is 1.